The number of halogens is 1. The van der Waals surface area contributed by atoms with Gasteiger partial charge in [0.15, 0.2) is 0 Å². The van der Waals surface area contributed by atoms with Crippen LogP contribution in [0.15, 0.2) is 89.4 Å². The van der Waals surface area contributed by atoms with Crippen molar-refractivity contribution >= 4 is 37.5 Å². The van der Waals surface area contributed by atoms with Gasteiger partial charge in [0.1, 0.15) is 6.54 Å². The van der Waals surface area contributed by atoms with Crippen molar-refractivity contribution in [3.05, 3.63) is 101 Å². The fraction of sp³-hybridized carbons (Fsp3) is 0.136. The van der Waals surface area contributed by atoms with E-state index >= 15 is 0 Å². The molecule has 0 atom stereocenters. The molecule has 0 aliphatic rings. The van der Waals surface area contributed by atoms with Crippen LogP contribution in [-0.2, 0) is 14.8 Å². The monoisotopic (exact) mass is 472 g/mol. The molecule has 0 fully saturated rings. The molecule has 0 saturated carbocycles. The largest absolute Gasteiger partial charge is 0.344 e. The average Bonchev–Trinajstić information content (AvgIpc) is 2.71. The fourth-order valence-corrected chi connectivity index (χ4v) is 4.25. The van der Waals surface area contributed by atoms with Gasteiger partial charge in [-0.25, -0.2) is 8.42 Å². The smallest absolute Gasteiger partial charge is 0.241 e. The summed E-state index contributed by atoms with van der Waals surface area (Å²) in [7, 11) is -3.64. The van der Waals surface area contributed by atoms with E-state index in [1.165, 1.54) is 0 Å². The lowest BCUT2D eigenvalue weighted by Gasteiger charge is -2.25. The van der Waals surface area contributed by atoms with E-state index in [4.69, 9.17) is 0 Å². The van der Waals surface area contributed by atoms with Crippen LogP contribution in [0.5, 0.6) is 0 Å². The molecule has 0 aliphatic carbocycles. The zero-order valence-corrected chi connectivity index (χ0v) is 18.2. The Morgan fingerprint density at radius 2 is 1.48 bits per heavy atom. The van der Waals surface area contributed by atoms with Crippen LogP contribution in [0.4, 0.5) is 5.69 Å². The molecule has 0 bridgehead atoms. The Morgan fingerprint density at radius 1 is 0.931 bits per heavy atom. The molecule has 0 spiro atoms. The number of rotatable bonds is 7. The van der Waals surface area contributed by atoms with Crippen LogP contribution in [0, 0.1) is 0 Å². The van der Waals surface area contributed by atoms with E-state index in [0.29, 0.717) is 5.69 Å². The molecule has 1 amide bonds. The van der Waals surface area contributed by atoms with Crippen LogP contribution in [0.25, 0.3) is 0 Å². The molecular weight excluding hydrogens is 452 g/mol. The summed E-state index contributed by atoms with van der Waals surface area (Å²) in [6.07, 6.45) is 1.09. The van der Waals surface area contributed by atoms with E-state index in [0.717, 1.165) is 26.2 Å². The third-order valence-electron chi connectivity index (χ3n) is 4.35. The lowest BCUT2D eigenvalue weighted by atomic mass is 9.99. The van der Waals surface area contributed by atoms with Crippen LogP contribution >= 0.6 is 15.9 Å². The average molecular weight is 473 g/mol. The number of hydrogen-bond donors (Lipinski definition) is 1. The molecule has 150 valence electrons. The van der Waals surface area contributed by atoms with Crippen LogP contribution in [0.3, 0.4) is 0 Å². The Morgan fingerprint density at radius 3 is 1.97 bits per heavy atom. The zero-order valence-electron chi connectivity index (χ0n) is 15.8. The molecule has 5 nitrogen and oxygen atoms in total. The number of carbonyl (C=O) groups excluding carboxylic acids is 1. The zero-order chi connectivity index (χ0) is 20.9. The number of hydrogen-bond acceptors (Lipinski definition) is 3. The second kappa shape index (κ2) is 9.24. The molecule has 0 aromatic heterocycles. The predicted octanol–water partition coefficient (Wildman–Crippen LogP) is 4.12. The number of anilines is 1. The van der Waals surface area contributed by atoms with Crippen LogP contribution in [-0.4, -0.2) is 27.1 Å². The maximum absolute atomic E-state index is 12.9. The molecule has 3 rings (SSSR count). The first-order valence-electron chi connectivity index (χ1n) is 8.97. The normalized spacial score (nSPS) is 11.3. The highest BCUT2D eigenvalue weighted by molar-refractivity contribution is 9.10. The van der Waals surface area contributed by atoms with Gasteiger partial charge in [-0.3, -0.25) is 9.10 Å². The highest BCUT2D eigenvalue weighted by atomic mass is 79.9. The summed E-state index contributed by atoms with van der Waals surface area (Å²) in [5, 5.41) is 2.98. The summed E-state index contributed by atoms with van der Waals surface area (Å²) in [5.74, 6) is -0.395. The van der Waals surface area contributed by atoms with Gasteiger partial charge < -0.3 is 5.32 Å². The Balaban J connectivity index is 1.87. The van der Waals surface area contributed by atoms with Gasteiger partial charge in [-0.1, -0.05) is 82.7 Å². The number of carbonyl (C=O) groups is 1. The number of sulfonamides is 1. The minimum absolute atomic E-state index is 0.314. The Labute approximate surface area is 179 Å². The van der Waals surface area contributed by atoms with Crippen molar-refractivity contribution in [1.82, 2.24) is 5.32 Å². The number of nitrogens with zero attached hydrogens (tertiary/aromatic N) is 1. The van der Waals surface area contributed by atoms with Gasteiger partial charge >= 0.3 is 0 Å². The van der Waals surface area contributed by atoms with E-state index < -0.39 is 15.9 Å². The lowest BCUT2D eigenvalue weighted by molar-refractivity contribution is -0.120. The quantitative estimate of drug-likeness (QED) is 0.562. The van der Waals surface area contributed by atoms with Crippen molar-refractivity contribution in [3.8, 4) is 0 Å². The van der Waals surface area contributed by atoms with E-state index in [2.05, 4.69) is 21.2 Å². The molecule has 0 unspecified atom stereocenters. The van der Waals surface area contributed by atoms with Crippen LogP contribution < -0.4 is 9.62 Å². The van der Waals surface area contributed by atoms with Gasteiger partial charge in [0, 0.05) is 4.47 Å². The molecule has 29 heavy (non-hydrogen) atoms. The molecular formula is C22H21BrN2O3S. The van der Waals surface area contributed by atoms with E-state index in [1.807, 2.05) is 60.7 Å². The highest BCUT2D eigenvalue weighted by Gasteiger charge is 2.23. The lowest BCUT2D eigenvalue weighted by Crippen LogP contribution is -2.41. The van der Waals surface area contributed by atoms with Crippen molar-refractivity contribution in [3.63, 3.8) is 0 Å². The Hall–Kier alpha value is -2.64. The van der Waals surface area contributed by atoms with Gasteiger partial charge in [-0.05, 0) is 29.3 Å². The molecule has 7 heteroatoms. The van der Waals surface area contributed by atoms with Crippen molar-refractivity contribution in [2.75, 3.05) is 17.1 Å². The Bertz CT molecular complexity index is 1030. The summed E-state index contributed by atoms with van der Waals surface area (Å²) in [5.41, 5.74) is 2.26. The summed E-state index contributed by atoms with van der Waals surface area (Å²) in [6.45, 7) is -0.314. The van der Waals surface area contributed by atoms with Gasteiger partial charge in [0.25, 0.3) is 0 Å². The predicted molar refractivity (Wildman–Crippen MR) is 119 cm³/mol. The number of nitrogens with one attached hydrogen (secondary N) is 1. The first-order valence-corrected chi connectivity index (χ1v) is 11.6. The summed E-state index contributed by atoms with van der Waals surface area (Å²) in [4.78, 5) is 12.9. The maximum atomic E-state index is 12.9. The maximum Gasteiger partial charge on any atom is 0.241 e. The minimum Gasteiger partial charge on any atom is -0.344 e. The molecule has 0 radical (unpaired) electrons. The summed E-state index contributed by atoms with van der Waals surface area (Å²) < 4.78 is 26.5. The van der Waals surface area contributed by atoms with Crippen molar-refractivity contribution < 1.29 is 13.2 Å². The second-order valence-corrected chi connectivity index (χ2v) is 9.39. The molecule has 3 aromatic rings. The van der Waals surface area contributed by atoms with Crippen LogP contribution in [0.2, 0.25) is 0 Å². The van der Waals surface area contributed by atoms with Crippen molar-refractivity contribution in [1.29, 1.82) is 0 Å². The van der Waals surface area contributed by atoms with Gasteiger partial charge in [0.05, 0.1) is 18.0 Å². The van der Waals surface area contributed by atoms with Gasteiger partial charge in [0.2, 0.25) is 15.9 Å². The molecule has 0 saturated heterocycles. The highest BCUT2D eigenvalue weighted by Crippen LogP contribution is 2.24. The van der Waals surface area contributed by atoms with E-state index in [9.17, 15) is 13.2 Å². The standard InChI is InChI=1S/C22H21BrN2O3S/c1-29(27,28)25(20-14-8-13-19(23)15-20)16-21(26)24-22(17-9-4-2-5-10-17)18-11-6-3-7-12-18/h2-15,22H,16H2,1H3,(H,24,26). The topological polar surface area (TPSA) is 66.5 Å². The number of benzene rings is 3. The minimum atomic E-state index is -3.64. The second-order valence-electron chi connectivity index (χ2n) is 6.57. The molecule has 1 N–H and O–H groups in total. The fourth-order valence-electron chi connectivity index (χ4n) is 3.02. The first kappa shape index (κ1) is 21.1. The summed E-state index contributed by atoms with van der Waals surface area (Å²) in [6, 6.07) is 25.6. The molecule has 3 aromatic carbocycles. The number of amides is 1. The first-order chi connectivity index (χ1) is 13.8. The molecule has 0 heterocycles. The van der Waals surface area contributed by atoms with Crippen LogP contribution in [0.1, 0.15) is 17.2 Å². The third kappa shape index (κ3) is 5.68. The van der Waals surface area contributed by atoms with E-state index in [-0.39, 0.29) is 12.6 Å². The van der Waals surface area contributed by atoms with E-state index in [1.54, 1.807) is 24.3 Å². The van der Waals surface area contributed by atoms with Gasteiger partial charge in [-0.2, -0.15) is 0 Å². The summed E-state index contributed by atoms with van der Waals surface area (Å²) >= 11 is 3.34. The molecule has 0 aliphatic heterocycles. The third-order valence-corrected chi connectivity index (χ3v) is 5.99. The SMILES string of the molecule is CS(=O)(=O)N(CC(=O)NC(c1ccccc1)c1ccccc1)c1cccc(Br)c1. The van der Waals surface area contributed by atoms with Gasteiger partial charge in [-0.15, -0.1) is 0 Å². The van der Waals surface area contributed by atoms with Crippen molar-refractivity contribution in [2.45, 2.75) is 6.04 Å². The van der Waals surface area contributed by atoms with Crippen molar-refractivity contribution in [2.24, 2.45) is 0 Å². The Kier molecular flexibility index (Phi) is 6.71.